The highest BCUT2D eigenvalue weighted by Crippen LogP contribution is 2.37. The van der Waals surface area contributed by atoms with E-state index in [-0.39, 0.29) is 17.0 Å². The number of benzene rings is 1. The van der Waals surface area contributed by atoms with E-state index in [0.717, 1.165) is 24.8 Å². The summed E-state index contributed by atoms with van der Waals surface area (Å²) in [6.07, 6.45) is 2.94. The zero-order valence-corrected chi connectivity index (χ0v) is 15.2. The van der Waals surface area contributed by atoms with Gasteiger partial charge in [0.1, 0.15) is 10.7 Å². The first-order valence-electron chi connectivity index (χ1n) is 8.35. The minimum Gasteiger partial charge on any atom is -0.490 e. The number of hydrogen-bond acceptors (Lipinski definition) is 6. The molecule has 2 aromatic heterocycles. The molecule has 0 saturated heterocycles. The summed E-state index contributed by atoms with van der Waals surface area (Å²) in [4.78, 5) is 32.7. The van der Waals surface area contributed by atoms with Crippen molar-refractivity contribution in [2.24, 2.45) is 5.92 Å². The van der Waals surface area contributed by atoms with Crippen LogP contribution in [0, 0.1) is 16.0 Å². The number of rotatable bonds is 3. The fourth-order valence-corrected chi connectivity index (χ4v) is 4.85. The molecule has 8 heteroatoms. The van der Waals surface area contributed by atoms with Crippen LogP contribution in [0.4, 0.5) is 5.69 Å². The molecule has 1 aliphatic rings. The van der Waals surface area contributed by atoms with Crippen molar-refractivity contribution in [3.63, 3.8) is 0 Å². The Hall–Kier alpha value is -2.74. The fraction of sp³-hybridized carbons (Fsp3) is 0.333. The van der Waals surface area contributed by atoms with E-state index in [9.17, 15) is 14.9 Å². The number of nitrogens with one attached hydrogen (secondary N) is 1. The number of nitro groups is 1. The molecule has 1 N–H and O–H groups in total. The SMILES string of the molecule is COc1ccc(-c2nc3sc4c(c3c(=O)[nH]2)CCC(C)C4)cc1[N+](=O)[O-]. The Morgan fingerprint density at radius 3 is 2.96 bits per heavy atom. The Morgan fingerprint density at radius 1 is 1.42 bits per heavy atom. The van der Waals surface area contributed by atoms with Gasteiger partial charge in [0.25, 0.3) is 5.56 Å². The molecule has 0 saturated carbocycles. The molecule has 0 bridgehead atoms. The topological polar surface area (TPSA) is 98.1 Å². The lowest BCUT2D eigenvalue weighted by molar-refractivity contribution is -0.385. The third kappa shape index (κ3) is 2.66. The van der Waals surface area contributed by atoms with Crippen LogP contribution >= 0.6 is 11.3 Å². The van der Waals surface area contributed by atoms with Crippen LogP contribution in [0.3, 0.4) is 0 Å². The molecule has 1 aromatic carbocycles. The smallest absolute Gasteiger partial charge is 0.311 e. The van der Waals surface area contributed by atoms with Gasteiger partial charge in [-0.1, -0.05) is 6.92 Å². The quantitative estimate of drug-likeness (QED) is 0.559. The van der Waals surface area contributed by atoms with Crippen molar-refractivity contribution in [3.8, 4) is 17.1 Å². The second-order valence-electron chi connectivity index (χ2n) is 6.59. The van der Waals surface area contributed by atoms with Gasteiger partial charge in [-0.2, -0.15) is 0 Å². The van der Waals surface area contributed by atoms with E-state index in [4.69, 9.17) is 4.74 Å². The fourth-order valence-electron chi connectivity index (χ4n) is 3.47. The van der Waals surface area contributed by atoms with Crippen molar-refractivity contribution in [1.29, 1.82) is 0 Å². The number of nitrogens with zero attached hydrogens (tertiary/aromatic N) is 2. The van der Waals surface area contributed by atoms with Crippen molar-refractivity contribution in [2.45, 2.75) is 26.2 Å². The van der Waals surface area contributed by atoms with Gasteiger partial charge in [0, 0.05) is 16.5 Å². The van der Waals surface area contributed by atoms with Crippen LogP contribution < -0.4 is 10.3 Å². The minimum atomic E-state index is -0.510. The summed E-state index contributed by atoms with van der Waals surface area (Å²) in [6, 6.07) is 4.54. The Morgan fingerprint density at radius 2 is 2.23 bits per heavy atom. The van der Waals surface area contributed by atoms with E-state index in [1.165, 1.54) is 24.1 Å². The number of thiophene rings is 1. The number of aryl methyl sites for hydroxylation is 1. The third-order valence-electron chi connectivity index (χ3n) is 4.81. The Balaban J connectivity index is 1.87. The van der Waals surface area contributed by atoms with Gasteiger partial charge in [-0.15, -0.1) is 11.3 Å². The van der Waals surface area contributed by atoms with Crippen molar-refractivity contribution in [3.05, 3.63) is 49.1 Å². The summed E-state index contributed by atoms with van der Waals surface area (Å²) in [5.74, 6) is 1.11. The standard InChI is InChI=1S/C18H17N3O4S/c1-9-3-5-11-14(7-9)26-18-15(11)17(22)19-16(20-18)10-4-6-13(25-2)12(8-10)21(23)24/h4,6,8-9H,3,5,7H2,1-2H3,(H,19,20,22). The van der Waals surface area contributed by atoms with Crippen LogP contribution in [0.5, 0.6) is 5.75 Å². The maximum absolute atomic E-state index is 12.7. The summed E-state index contributed by atoms with van der Waals surface area (Å²) in [6.45, 7) is 2.22. The maximum atomic E-state index is 12.7. The molecule has 1 unspecified atom stereocenters. The monoisotopic (exact) mass is 371 g/mol. The van der Waals surface area contributed by atoms with Crippen LogP contribution in [0.15, 0.2) is 23.0 Å². The highest BCUT2D eigenvalue weighted by atomic mass is 32.1. The van der Waals surface area contributed by atoms with Gasteiger partial charge in [-0.25, -0.2) is 4.98 Å². The maximum Gasteiger partial charge on any atom is 0.311 e. The molecule has 4 rings (SSSR count). The largest absolute Gasteiger partial charge is 0.490 e. The summed E-state index contributed by atoms with van der Waals surface area (Å²) in [5, 5.41) is 11.9. The van der Waals surface area contributed by atoms with E-state index in [2.05, 4.69) is 16.9 Å². The first-order chi connectivity index (χ1) is 12.5. The Labute approximate surface area is 152 Å². The van der Waals surface area contributed by atoms with Gasteiger partial charge in [0.05, 0.1) is 17.4 Å². The number of nitro benzene ring substituents is 1. The Bertz CT molecular complexity index is 1090. The molecular formula is C18H17N3O4S. The first-order valence-corrected chi connectivity index (χ1v) is 9.17. The molecule has 134 valence electrons. The molecule has 3 aromatic rings. The van der Waals surface area contributed by atoms with Crippen LogP contribution in [0.1, 0.15) is 23.8 Å². The van der Waals surface area contributed by atoms with Gasteiger partial charge in [-0.05, 0) is 42.9 Å². The van der Waals surface area contributed by atoms with Crippen LogP contribution in [0.25, 0.3) is 21.6 Å². The summed E-state index contributed by atoms with van der Waals surface area (Å²) >= 11 is 1.55. The predicted octanol–water partition coefficient (Wildman–Crippen LogP) is 3.69. The van der Waals surface area contributed by atoms with Gasteiger partial charge >= 0.3 is 5.69 Å². The van der Waals surface area contributed by atoms with Gasteiger partial charge < -0.3 is 9.72 Å². The lowest BCUT2D eigenvalue weighted by Gasteiger charge is -2.17. The number of ether oxygens (including phenoxy) is 1. The number of fused-ring (bicyclic) bond motifs is 3. The van der Waals surface area contributed by atoms with E-state index in [1.807, 2.05) is 0 Å². The molecule has 0 aliphatic heterocycles. The second kappa shape index (κ2) is 6.21. The van der Waals surface area contributed by atoms with Gasteiger partial charge in [-0.3, -0.25) is 14.9 Å². The molecule has 0 radical (unpaired) electrons. The zero-order valence-electron chi connectivity index (χ0n) is 14.4. The summed E-state index contributed by atoms with van der Waals surface area (Å²) in [7, 11) is 1.38. The van der Waals surface area contributed by atoms with Crippen LogP contribution in [-0.2, 0) is 12.8 Å². The van der Waals surface area contributed by atoms with Crippen molar-refractivity contribution in [1.82, 2.24) is 9.97 Å². The number of aromatic nitrogens is 2. The summed E-state index contributed by atoms with van der Waals surface area (Å²) < 4.78 is 5.02. The number of aromatic amines is 1. The molecular weight excluding hydrogens is 354 g/mol. The predicted molar refractivity (Wildman–Crippen MR) is 100 cm³/mol. The number of hydrogen-bond donors (Lipinski definition) is 1. The number of H-pyrrole nitrogens is 1. The lowest BCUT2D eigenvalue weighted by atomic mass is 9.89. The van der Waals surface area contributed by atoms with E-state index in [1.54, 1.807) is 17.4 Å². The molecule has 1 aliphatic carbocycles. The molecule has 2 heterocycles. The van der Waals surface area contributed by atoms with Crippen molar-refractivity contribution in [2.75, 3.05) is 7.11 Å². The van der Waals surface area contributed by atoms with Crippen LogP contribution in [-0.4, -0.2) is 22.0 Å². The molecule has 0 spiro atoms. The van der Waals surface area contributed by atoms with Crippen molar-refractivity contribution < 1.29 is 9.66 Å². The minimum absolute atomic E-state index is 0.160. The highest BCUT2D eigenvalue weighted by molar-refractivity contribution is 7.18. The lowest BCUT2D eigenvalue weighted by Crippen LogP contribution is -2.13. The third-order valence-corrected chi connectivity index (χ3v) is 5.96. The normalized spacial score (nSPS) is 16.5. The average molecular weight is 371 g/mol. The molecule has 1 atom stereocenters. The van der Waals surface area contributed by atoms with E-state index < -0.39 is 4.92 Å². The molecule has 7 nitrogen and oxygen atoms in total. The average Bonchev–Trinajstić information content (AvgIpc) is 2.98. The zero-order chi connectivity index (χ0) is 18.4. The first kappa shape index (κ1) is 16.7. The van der Waals surface area contributed by atoms with Crippen molar-refractivity contribution >= 4 is 27.2 Å². The molecule has 26 heavy (non-hydrogen) atoms. The second-order valence-corrected chi connectivity index (χ2v) is 7.67. The van der Waals surface area contributed by atoms with Gasteiger partial charge in [0.2, 0.25) is 0 Å². The Kier molecular flexibility index (Phi) is 3.99. The van der Waals surface area contributed by atoms with E-state index in [0.29, 0.717) is 27.5 Å². The summed E-state index contributed by atoms with van der Waals surface area (Å²) in [5.41, 5.74) is 1.25. The highest BCUT2D eigenvalue weighted by Gasteiger charge is 2.24. The molecule has 0 amide bonds. The molecule has 0 fully saturated rings. The van der Waals surface area contributed by atoms with E-state index >= 15 is 0 Å². The van der Waals surface area contributed by atoms with Gasteiger partial charge in [0.15, 0.2) is 5.75 Å². The van der Waals surface area contributed by atoms with Crippen LogP contribution in [0.2, 0.25) is 0 Å². The number of methoxy groups -OCH3 is 1.